The van der Waals surface area contributed by atoms with Crippen molar-refractivity contribution >= 4 is 50.7 Å². The molecular weight excluding hydrogens is 509 g/mol. The SMILES string of the molecule is CC[C@@H](C)NC(=O)[C@H](CC)N(Cc1ccc(Cl)cc1)C(=O)CN(c1ccc(C)c(Cl)c1)S(C)(=O)=O. The number of rotatable bonds is 11. The number of sulfonamides is 1. The van der Waals surface area contributed by atoms with Crippen molar-refractivity contribution in [3.8, 4) is 0 Å². The van der Waals surface area contributed by atoms with Gasteiger partial charge in [-0.1, -0.05) is 55.2 Å². The van der Waals surface area contributed by atoms with Gasteiger partial charge in [-0.05, 0) is 62.1 Å². The molecule has 0 aliphatic carbocycles. The molecule has 0 fully saturated rings. The third-order valence-corrected chi connectivity index (χ3v) is 7.58. The summed E-state index contributed by atoms with van der Waals surface area (Å²) >= 11 is 12.2. The summed E-state index contributed by atoms with van der Waals surface area (Å²) in [4.78, 5) is 28.2. The first-order valence-electron chi connectivity index (χ1n) is 11.5. The van der Waals surface area contributed by atoms with Crippen molar-refractivity contribution in [3.05, 3.63) is 63.6 Å². The summed E-state index contributed by atoms with van der Waals surface area (Å²) in [7, 11) is -3.82. The van der Waals surface area contributed by atoms with Crippen LogP contribution in [0.1, 0.15) is 44.7 Å². The van der Waals surface area contributed by atoms with Crippen molar-refractivity contribution in [2.75, 3.05) is 17.1 Å². The number of nitrogens with zero attached hydrogens (tertiary/aromatic N) is 2. The fourth-order valence-corrected chi connectivity index (χ4v) is 4.64. The molecule has 0 aromatic heterocycles. The normalized spacial score (nSPS) is 13.1. The van der Waals surface area contributed by atoms with E-state index >= 15 is 0 Å². The van der Waals surface area contributed by atoms with Crippen LogP contribution < -0.4 is 9.62 Å². The average Bonchev–Trinajstić information content (AvgIpc) is 2.79. The molecular formula is C25H33Cl2N3O4S. The number of benzene rings is 2. The number of carbonyl (C=O) groups is 2. The van der Waals surface area contributed by atoms with E-state index in [4.69, 9.17) is 23.2 Å². The van der Waals surface area contributed by atoms with Gasteiger partial charge in [-0.15, -0.1) is 0 Å². The van der Waals surface area contributed by atoms with E-state index in [0.29, 0.717) is 16.5 Å². The topological polar surface area (TPSA) is 86.8 Å². The molecule has 2 rings (SSSR count). The number of aryl methyl sites for hydroxylation is 1. The van der Waals surface area contributed by atoms with Gasteiger partial charge in [-0.2, -0.15) is 0 Å². The zero-order valence-corrected chi connectivity index (χ0v) is 23.0. The predicted molar refractivity (Wildman–Crippen MR) is 142 cm³/mol. The maximum Gasteiger partial charge on any atom is 0.244 e. The second kappa shape index (κ2) is 12.6. The number of anilines is 1. The molecule has 0 spiro atoms. The lowest BCUT2D eigenvalue weighted by atomic mass is 10.1. The van der Waals surface area contributed by atoms with Crippen LogP contribution in [-0.2, 0) is 26.2 Å². The van der Waals surface area contributed by atoms with Crippen molar-refractivity contribution in [2.45, 2.75) is 59.2 Å². The molecule has 0 aliphatic rings. The van der Waals surface area contributed by atoms with Crippen molar-refractivity contribution in [1.82, 2.24) is 10.2 Å². The Morgan fingerprint density at radius 1 is 1.03 bits per heavy atom. The Balaban J connectivity index is 2.45. The van der Waals surface area contributed by atoms with Gasteiger partial charge in [0.1, 0.15) is 12.6 Å². The Labute approximate surface area is 218 Å². The Hall–Kier alpha value is -2.29. The summed E-state index contributed by atoms with van der Waals surface area (Å²) in [6.07, 6.45) is 2.13. The van der Waals surface area contributed by atoms with Crippen LogP contribution in [0.25, 0.3) is 0 Å². The van der Waals surface area contributed by atoms with Gasteiger partial charge in [0.15, 0.2) is 0 Å². The second-order valence-electron chi connectivity index (χ2n) is 8.59. The molecule has 0 heterocycles. The van der Waals surface area contributed by atoms with Crippen molar-refractivity contribution in [2.24, 2.45) is 0 Å². The third-order valence-electron chi connectivity index (χ3n) is 5.78. The number of halogens is 2. The Morgan fingerprint density at radius 2 is 1.66 bits per heavy atom. The highest BCUT2D eigenvalue weighted by Gasteiger charge is 2.32. The molecule has 2 aromatic carbocycles. The number of hydrogen-bond donors (Lipinski definition) is 1. The van der Waals surface area contributed by atoms with Gasteiger partial charge in [0.05, 0.1) is 11.9 Å². The molecule has 0 bridgehead atoms. The number of hydrogen-bond acceptors (Lipinski definition) is 4. The van der Waals surface area contributed by atoms with Crippen LogP contribution in [0, 0.1) is 6.92 Å². The molecule has 192 valence electrons. The standard InChI is InChI=1S/C25H33Cl2N3O4S/c1-6-18(4)28-25(32)23(7-2)29(15-19-9-11-20(26)12-10-19)24(31)16-30(35(5,33)34)21-13-8-17(3)22(27)14-21/h8-14,18,23H,6-7,15-16H2,1-5H3,(H,28,32)/t18-,23+/m1/s1. The van der Waals surface area contributed by atoms with Gasteiger partial charge in [0.2, 0.25) is 21.8 Å². The Morgan fingerprint density at radius 3 is 2.17 bits per heavy atom. The quantitative estimate of drug-likeness (QED) is 0.443. The van der Waals surface area contributed by atoms with Gasteiger partial charge < -0.3 is 10.2 Å². The largest absolute Gasteiger partial charge is 0.352 e. The zero-order chi connectivity index (χ0) is 26.3. The van der Waals surface area contributed by atoms with E-state index < -0.39 is 28.5 Å². The Bertz CT molecular complexity index is 1140. The van der Waals surface area contributed by atoms with Crippen molar-refractivity contribution < 1.29 is 18.0 Å². The van der Waals surface area contributed by atoms with Crippen LogP contribution in [-0.4, -0.2) is 50.0 Å². The monoisotopic (exact) mass is 541 g/mol. The minimum Gasteiger partial charge on any atom is -0.352 e. The van der Waals surface area contributed by atoms with E-state index in [1.807, 2.05) is 20.8 Å². The summed E-state index contributed by atoms with van der Waals surface area (Å²) in [6, 6.07) is 10.9. The van der Waals surface area contributed by atoms with E-state index in [1.165, 1.54) is 11.0 Å². The fourth-order valence-electron chi connectivity index (χ4n) is 3.50. The van der Waals surface area contributed by atoms with Crippen LogP contribution >= 0.6 is 23.2 Å². The molecule has 1 N–H and O–H groups in total. The van der Waals surface area contributed by atoms with E-state index in [-0.39, 0.29) is 24.2 Å². The average molecular weight is 543 g/mol. The highest BCUT2D eigenvalue weighted by Crippen LogP contribution is 2.25. The lowest BCUT2D eigenvalue weighted by Gasteiger charge is -2.33. The molecule has 2 atom stereocenters. The first kappa shape index (κ1) is 28.9. The molecule has 0 unspecified atom stereocenters. The van der Waals surface area contributed by atoms with Crippen LogP contribution in [0.3, 0.4) is 0 Å². The lowest BCUT2D eigenvalue weighted by Crippen LogP contribution is -2.53. The summed E-state index contributed by atoms with van der Waals surface area (Å²) < 4.78 is 26.3. The highest BCUT2D eigenvalue weighted by atomic mass is 35.5. The predicted octanol–water partition coefficient (Wildman–Crippen LogP) is 4.79. The van der Waals surface area contributed by atoms with Crippen LogP contribution in [0.4, 0.5) is 5.69 Å². The molecule has 7 nitrogen and oxygen atoms in total. The van der Waals surface area contributed by atoms with Gasteiger partial charge in [-0.25, -0.2) is 8.42 Å². The summed E-state index contributed by atoms with van der Waals surface area (Å²) in [5, 5.41) is 3.88. The van der Waals surface area contributed by atoms with Gasteiger partial charge in [0, 0.05) is 22.6 Å². The highest BCUT2D eigenvalue weighted by molar-refractivity contribution is 7.92. The number of amides is 2. The smallest absolute Gasteiger partial charge is 0.244 e. The van der Waals surface area contributed by atoms with Gasteiger partial charge in [0.25, 0.3) is 0 Å². The van der Waals surface area contributed by atoms with Crippen molar-refractivity contribution in [3.63, 3.8) is 0 Å². The van der Waals surface area contributed by atoms with Gasteiger partial charge in [-0.3, -0.25) is 13.9 Å². The van der Waals surface area contributed by atoms with E-state index in [9.17, 15) is 18.0 Å². The molecule has 10 heteroatoms. The zero-order valence-electron chi connectivity index (χ0n) is 20.7. The first-order chi connectivity index (χ1) is 16.4. The molecule has 35 heavy (non-hydrogen) atoms. The first-order valence-corrected chi connectivity index (χ1v) is 14.1. The van der Waals surface area contributed by atoms with E-state index in [2.05, 4.69) is 5.32 Å². The lowest BCUT2D eigenvalue weighted by molar-refractivity contribution is -0.140. The molecule has 0 radical (unpaired) electrons. The maximum absolute atomic E-state index is 13.6. The molecule has 0 aliphatic heterocycles. The second-order valence-corrected chi connectivity index (χ2v) is 11.3. The number of carbonyl (C=O) groups excluding carboxylic acids is 2. The molecule has 0 saturated carbocycles. The summed E-state index contributed by atoms with van der Waals surface area (Å²) in [6.45, 7) is 7.12. The van der Waals surface area contributed by atoms with Gasteiger partial charge >= 0.3 is 0 Å². The summed E-state index contributed by atoms with van der Waals surface area (Å²) in [5.74, 6) is -0.790. The van der Waals surface area contributed by atoms with Crippen LogP contribution in [0.5, 0.6) is 0 Å². The van der Waals surface area contributed by atoms with Crippen LogP contribution in [0.2, 0.25) is 10.0 Å². The van der Waals surface area contributed by atoms with Crippen LogP contribution in [0.15, 0.2) is 42.5 Å². The molecule has 2 aromatic rings. The molecule has 2 amide bonds. The number of nitrogens with one attached hydrogen (secondary N) is 1. The minimum atomic E-state index is -3.82. The van der Waals surface area contributed by atoms with Crippen molar-refractivity contribution in [1.29, 1.82) is 0 Å². The fraction of sp³-hybridized carbons (Fsp3) is 0.440. The van der Waals surface area contributed by atoms with E-state index in [0.717, 1.165) is 28.1 Å². The third kappa shape index (κ3) is 8.12. The van der Waals surface area contributed by atoms with E-state index in [1.54, 1.807) is 43.3 Å². The Kier molecular flexibility index (Phi) is 10.4. The maximum atomic E-state index is 13.6. The molecule has 0 saturated heterocycles. The summed E-state index contributed by atoms with van der Waals surface area (Å²) in [5.41, 5.74) is 1.83. The minimum absolute atomic E-state index is 0.0637.